The summed E-state index contributed by atoms with van der Waals surface area (Å²) in [6.45, 7) is 0. The second-order valence-electron chi connectivity index (χ2n) is 3.09. The van der Waals surface area contributed by atoms with E-state index in [4.69, 9.17) is 16.3 Å². The van der Waals surface area contributed by atoms with Crippen molar-refractivity contribution in [1.29, 1.82) is 0 Å². The number of rotatable bonds is 3. The van der Waals surface area contributed by atoms with Gasteiger partial charge in [-0.3, -0.25) is 4.79 Å². The van der Waals surface area contributed by atoms with Crippen LogP contribution in [0, 0.1) is 5.82 Å². The van der Waals surface area contributed by atoms with Crippen LogP contribution in [0.5, 0.6) is 11.8 Å². The molecule has 0 radical (unpaired) electrons. The van der Waals surface area contributed by atoms with Crippen LogP contribution in [0.15, 0.2) is 30.6 Å². The van der Waals surface area contributed by atoms with E-state index < -0.39 is 5.82 Å². The van der Waals surface area contributed by atoms with Crippen molar-refractivity contribution in [2.45, 2.75) is 0 Å². The highest BCUT2D eigenvalue weighted by atomic mass is 35.5. The summed E-state index contributed by atoms with van der Waals surface area (Å²) in [5, 5.41) is 0.00886. The summed E-state index contributed by atoms with van der Waals surface area (Å²) < 4.78 is 18.3. The van der Waals surface area contributed by atoms with Crippen LogP contribution in [0.2, 0.25) is 5.02 Å². The van der Waals surface area contributed by atoms with E-state index in [1.54, 1.807) is 0 Å². The van der Waals surface area contributed by atoms with Crippen molar-refractivity contribution in [3.8, 4) is 11.8 Å². The van der Waals surface area contributed by atoms with Gasteiger partial charge in [0, 0.05) is 18.5 Å². The maximum atomic E-state index is 13.1. The lowest BCUT2D eigenvalue weighted by atomic mass is 10.3. The van der Waals surface area contributed by atoms with Crippen molar-refractivity contribution < 1.29 is 13.9 Å². The summed E-state index contributed by atoms with van der Waals surface area (Å²) in [5.41, 5.74) is 0.333. The largest absolute Gasteiger partial charge is 0.424 e. The molecule has 0 aliphatic carbocycles. The summed E-state index contributed by atoms with van der Waals surface area (Å²) in [6.07, 6.45) is 3.23. The molecule has 0 aliphatic rings. The molecule has 17 heavy (non-hydrogen) atoms. The van der Waals surface area contributed by atoms with Gasteiger partial charge < -0.3 is 4.74 Å². The zero-order chi connectivity index (χ0) is 12.3. The van der Waals surface area contributed by atoms with Crippen LogP contribution < -0.4 is 4.74 Å². The van der Waals surface area contributed by atoms with E-state index in [9.17, 15) is 9.18 Å². The van der Waals surface area contributed by atoms with E-state index in [1.165, 1.54) is 24.5 Å². The fourth-order valence-electron chi connectivity index (χ4n) is 1.09. The van der Waals surface area contributed by atoms with Gasteiger partial charge in [-0.25, -0.2) is 14.4 Å². The molecule has 0 spiro atoms. The first-order valence-electron chi connectivity index (χ1n) is 4.59. The molecule has 0 saturated carbocycles. The van der Waals surface area contributed by atoms with Crippen molar-refractivity contribution in [3.63, 3.8) is 0 Å². The number of ether oxygens (including phenoxy) is 1. The molecular formula is C11H6ClFN2O2. The van der Waals surface area contributed by atoms with Crippen LogP contribution in [0.25, 0.3) is 0 Å². The number of aldehydes is 1. The molecule has 1 aromatic carbocycles. The summed E-state index contributed by atoms with van der Waals surface area (Å²) in [6, 6.07) is 4.01. The minimum Gasteiger partial charge on any atom is -0.424 e. The topological polar surface area (TPSA) is 52.1 Å². The molecule has 86 valence electrons. The molecule has 0 fully saturated rings. The van der Waals surface area contributed by atoms with Crippen LogP contribution in [-0.2, 0) is 0 Å². The fourth-order valence-corrected chi connectivity index (χ4v) is 1.20. The van der Waals surface area contributed by atoms with Gasteiger partial charge in [-0.05, 0) is 12.1 Å². The molecule has 1 heterocycles. The van der Waals surface area contributed by atoms with Crippen LogP contribution >= 0.6 is 11.6 Å². The van der Waals surface area contributed by atoms with Crippen molar-refractivity contribution in [3.05, 3.63) is 47.0 Å². The lowest BCUT2D eigenvalue weighted by molar-refractivity contribution is 0.112. The van der Waals surface area contributed by atoms with Crippen molar-refractivity contribution in [1.82, 2.24) is 9.97 Å². The summed E-state index contributed by atoms with van der Waals surface area (Å²) >= 11 is 5.52. The van der Waals surface area contributed by atoms with Gasteiger partial charge in [-0.2, -0.15) is 0 Å². The van der Waals surface area contributed by atoms with Crippen LogP contribution in [0.4, 0.5) is 4.39 Å². The number of nitrogens with zero attached hydrogens (tertiary/aromatic N) is 2. The molecule has 0 unspecified atom stereocenters. The standard InChI is InChI=1S/C11H6ClFN2O2/c12-9-2-1-8(3-10(9)13)17-11-14-4-7(6-16)5-15-11/h1-6H. The first-order chi connectivity index (χ1) is 8.19. The van der Waals surface area contributed by atoms with E-state index >= 15 is 0 Å². The second-order valence-corrected chi connectivity index (χ2v) is 3.50. The van der Waals surface area contributed by atoms with Crippen molar-refractivity contribution in [2.24, 2.45) is 0 Å². The Hall–Kier alpha value is -2.01. The van der Waals surface area contributed by atoms with Crippen LogP contribution in [0.1, 0.15) is 10.4 Å². The third-order valence-corrected chi connectivity index (χ3v) is 2.19. The molecule has 2 aromatic rings. The zero-order valence-corrected chi connectivity index (χ0v) is 9.19. The first kappa shape index (κ1) is 11.5. The summed E-state index contributed by atoms with van der Waals surface area (Å²) in [4.78, 5) is 17.9. The smallest absolute Gasteiger partial charge is 0.321 e. The Morgan fingerprint density at radius 1 is 1.29 bits per heavy atom. The average Bonchev–Trinajstić information content (AvgIpc) is 2.35. The van der Waals surface area contributed by atoms with E-state index in [0.29, 0.717) is 11.8 Å². The Balaban J connectivity index is 2.19. The molecule has 1 aromatic heterocycles. The maximum absolute atomic E-state index is 13.1. The number of aromatic nitrogens is 2. The van der Waals surface area contributed by atoms with Crippen molar-refractivity contribution >= 4 is 17.9 Å². The fraction of sp³-hybridized carbons (Fsp3) is 0. The minimum atomic E-state index is -0.589. The molecule has 0 N–H and O–H groups in total. The minimum absolute atomic E-state index is 0.00886. The Bertz CT molecular complexity index is 546. The molecule has 0 bridgehead atoms. The Morgan fingerprint density at radius 3 is 2.59 bits per heavy atom. The molecule has 0 atom stereocenters. The lowest BCUT2D eigenvalue weighted by Crippen LogP contribution is -1.93. The number of carbonyl (C=O) groups excluding carboxylic acids is 1. The molecule has 6 heteroatoms. The Morgan fingerprint density at radius 2 is 2.00 bits per heavy atom. The van der Waals surface area contributed by atoms with Gasteiger partial charge >= 0.3 is 6.01 Å². The summed E-state index contributed by atoms with van der Waals surface area (Å²) in [7, 11) is 0. The number of carbonyl (C=O) groups is 1. The highest BCUT2D eigenvalue weighted by Gasteiger charge is 2.04. The van der Waals surface area contributed by atoms with Gasteiger partial charge in [0.1, 0.15) is 11.6 Å². The van der Waals surface area contributed by atoms with Gasteiger partial charge in [0.15, 0.2) is 6.29 Å². The third-order valence-electron chi connectivity index (χ3n) is 1.88. The maximum Gasteiger partial charge on any atom is 0.321 e. The molecule has 4 nitrogen and oxygen atoms in total. The molecular weight excluding hydrogens is 247 g/mol. The van der Waals surface area contributed by atoms with E-state index in [1.807, 2.05) is 0 Å². The third kappa shape index (κ3) is 2.76. The monoisotopic (exact) mass is 252 g/mol. The quantitative estimate of drug-likeness (QED) is 0.788. The van der Waals surface area contributed by atoms with Gasteiger partial charge in [-0.1, -0.05) is 11.6 Å². The van der Waals surface area contributed by atoms with Gasteiger partial charge in [0.2, 0.25) is 0 Å². The number of hydrogen-bond donors (Lipinski definition) is 0. The Labute approximate surface area is 101 Å². The van der Waals surface area contributed by atoms with Crippen LogP contribution in [-0.4, -0.2) is 16.3 Å². The predicted octanol–water partition coefficient (Wildman–Crippen LogP) is 2.87. The van der Waals surface area contributed by atoms with Gasteiger partial charge in [0.05, 0.1) is 10.6 Å². The van der Waals surface area contributed by atoms with Gasteiger partial charge in [0.25, 0.3) is 0 Å². The van der Waals surface area contributed by atoms with Crippen molar-refractivity contribution in [2.75, 3.05) is 0 Å². The number of hydrogen-bond acceptors (Lipinski definition) is 4. The normalized spacial score (nSPS) is 10.0. The van der Waals surface area contributed by atoms with E-state index in [2.05, 4.69) is 9.97 Å². The number of benzene rings is 1. The average molecular weight is 253 g/mol. The molecule has 0 saturated heterocycles. The second kappa shape index (κ2) is 4.88. The van der Waals surface area contributed by atoms with E-state index in [0.717, 1.165) is 6.07 Å². The first-order valence-corrected chi connectivity index (χ1v) is 4.97. The molecule has 2 rings (SSSR count). The summed E-state index contributed by atoms with van der Waals surface area (Å²) in [5.74, 6) is -0.362. The molecule has 0 amide bonds. The highest BCUT2D eigenvalue weighted by Crippen LogP contribution is 2.23. The van der Waals surface area contributed by atoms with E-state index in [-0.39, 0.29) is 16.8 Å². The Kier molecular flexibility index (Phi) is 3.30. The highest BCUT2D eigenvalue weighted by molar-refractivity contribution is 6.30. The van der Waals surface area contributed by atoms with Gasteiger partial charge in [-0.15, -0.1) is 0 Å². The zero-order valence-electron chi connectivity index (χ0n) is 8.43. The number of halogens is 2. The lowest BCUT2D eigenvalue weighted by Gasteiger charge is -2.03. The van der Waals surface area contributed by atoms with Crippen LogP contribution in [0.3, 0.4) is 0 Å². The SMILES string of the molecule is O=Cc1cnc(Oc2ccc(Cl)c(F)c2)nc1. The molecule has 0 aliphatic heterocycles. The predicted molar refractivity (Wildman–Crippen MR) is 58.9 cm³/mol.